The number of carbonyl (C=O) groups is 2. The minimum atomic E-state index is -1.48. The minimum Gasteiger partial charge on any atom is -0.545 e. The van der Waals surface area contributed by atoms with Crippen molar-refractivity contribution >= 4 is 33.9 Å². The molecule has 0 N–H and O–H groups in total. The predicted molar refractivity (Wildman–Crippen MR) is 60.1 cm³/mol. The SMILES string of the molecule is O=C([O-])C#Cc1cc(Br)cc(C=CC(=O)[O-])c1. The maximum absolute atomic E-state index is 10.2. The van der Waals surface area contributed by atoms with E-state index in [9.17, 15) is 19.8 Å². The average Bonchev–Trinajstić information content (AvgIpc) is 2.23. The van der Waals surface area contributed by atoms with Crippen LogP contribution in [0.25, 0.3) is 6.08 Å². The lowest BCUT2D eigenvalue weighted by atomic mass is 10.1. The van der Waals surface area contributed by atoms with Gasteiger partial charge in [-0.2, -0.15) is 0 Å². The maximum Gasteiger partial charge on any atom is 0.116 e. The van der Waals surface area contributed by atoms with Crippen LogP contribution in [0.2, 0.25) is 0 Å². The molecule has 0 radical (unpaired) electrons. The van der Waals surface area contributed by atoms with E-state index in [0.717, 1.165) is 6.08 Å². The van der Waals surface area contributed by atoms with Crippen molar-refractivity contribution in [1.82, 2.24) is 0 Å². The van der Waals surface area contributed by atoms with E-state index in [1.165, 1.54) is 6.08 Å². The maximum atomic E-state index is 10.2. The molecule has 0 unspecified atom stereocenters. The number of aliphatic carboxylic acids is 2. The number of carboxylic acids is 2. The second-order valence-electron chi connectivity index (χ2n) is 2.96. The van der Waals surface area contributed by atoms with Gasteiger partial charge in [0, 0.05) is 10.0 Å². The topological polar surface area (TPSA) is 80.3 Å². The monoisotopic (exact) mass is 292 g/mol. The number of carboxylic acid groups (broad SMARTS) is 2. The molecule has 0 bridgehead atoms. The van der Waals surface area contributed by atoms with E-state index in [4.69, 9.17) is 0 Å². The highest BCUT2D eigenvalue weighted by Gasteiger charge is 1.94. The first kappa shape index (κ1) is 13.0. The summed E-state index contributed by atoms with van der Waals surface area (Å²) in [7, 11) is 0. The summed E-state index contributed by atoms with van der Waals surface area (Å²) in [4.78, 5) is 20.4. The fourth-order valence-electron chi connectivity index (χ4n) is 1.07. The van der Waals surface area contributed by atoms with E-state index in [1.807, 2.05) is 5.92 Å². The molecule has 17 heavy (non-hydrogen) atoms. The second-order valence-corrected chi connectivity index (χ2v) is 3.88. The van der Waals surface area contributed by atoms with Crippen molar-refractivity contribution in [1.29, 1.82) is 0 Å². The highest BCUT2D eigenvalue weighted by molar-refractivity contribution is 9.10. The smallest absolute Gasteiger partial charge is 0.116 e. The first-order valence-corrected chi connectivity index (χ1v) is 5.19. The molecule has 0 amide bonds. The van der Waals surface area contributed by atoms with E-state index in [2.05, 4.69) is 21.9 Å². The summed E-state index contributed by atoms with van der Waals surface area (Å²) in [5.74, 6) is 1.45. The second kappa shape index (κ2) is 5.87. The molecule has 0 aliphatic rings. The quantitative estimate of drug-likeness (QED) is 0.534. The molecule has 0 atom stereocenters. The Morgan fingerprint density at radius 3 is 2.53 bits per heavy atom. The zero-order chi connectivity index (χ0) is 12.8. The molecule has 0 aromatic heterocycles. The predicted octanol–water partition coefficient (Wildman–Crippen LogP) is -0.686. The summed E-state index contributed by atoms with van der Waals surface area (Å²) in [6.45, 7) is 0. The molecule has 1 aromatic rings. The third-order valence-electron chi connectivity index (χ3n) is 1.64. The molecule has 1 aromatic carbocycles. The Morgan fingerprint density at radius 2 is 1.94 bits per heavy atom. The van der Waals surface area contributed by atoms with E-state index in [-0.39, 0.29) is 0 Å². The molecule has 5 heteroatoms. The Balaban J connectivity index is 3.07. The Kier molecular flexibility index (Phi) is 4.49. The standard InChI is InChI=1S/C12H7BrO4/c13-10-6-8(1-3-11(14)15)5-9(7-10)2-4-12(16)17/h1,3,5-7H,(H,14,15)(H,16,17)/p-2. The first-order valence-electron chi connectivity index (χ1n) is 4.40. The van der Waals surface area contributed by atoms with Crippen molar-refractivity contribution < 1.29 is 19.8 Å². The zero-order valence-corrected chi connectivity index (χ0v) is 9.98. The first-order chi connectivity index (χ1) is 7.97. The third-order valence-corrected chi connectivity index (χ3v) is 2.10. The molecule has 0 saturated heterocycles. The third kappa shape index (κ3) is 5.00. The van der Waals surface area contributed by atoms with E-state index in [0.29, 0.717) is 15.6 Å². The van der Waals surface area contributed by atoms with Crippen LogP contribution in [0, 0.1) is 11.8 Å². The fraction of sp³-hybridized carbons (Fsp3) is 0. The normalized spacial score (nSPS) is 9.71. The fourth-order valence-corrected chi connectivity index (χ4v) is 1.58. The summed E-state index contributed by atoms with van der Waals surface area (Å²) in [6.07, 6.45) is 2.20. The Morgan fingerprint density at radius 1 is 1.24 bits per heavy atom. The van der Waals surface area contributed by atoms with Gasteiger partial charge in [-0.1, -0.05) is 27.9 Å². The van der Waals surface area contributed by atoms with E-state index in [1.54, 1.807) is 18.2 Å². The van der Waals surface area contributed by atoms with Gasteiger partial charge >= 0.3 is 0 Å². The van der Waals surface area contributed by atoms with E-state index < -0.39 is 11.9 Å². The summed E-state index contributed by atoms with van der Waals surface area (Å²) >= 11 is 3.20. The van der Waals surface area contributed by atoms with Crippen molar-refractivity contribution in [3.63, 3.8) is 0 Å². The van der Waals surface area contributed by atoms with Crippen molar-refractivity contribution in [3.05, 3.63) is 39.9 Å². The average molecular weight is 293 g/mol. The lowest BCUT2D eigenvalue weighted by Crippen LogP contribution is -2.19. The molecular weight excluding hydrogens is 288 g/mol. The molecule has 0 spiro atoms. The Bertz CT molecular complexity index is 549. The van der Waals surface area contributed by atoms with Crippen LogP contribution in [-0.2, 0) is 9.59 Å². The van der Waals surface area contributed by atoms with Gasteiger partial charge in [0.15, 0.2) is 0 Å². The van der Waals surface area contributed by atoms with Gasteiger partial charge in [-0.3, -0.25) is 0 Å². The lowest BCUT2D eigenvalue weighted by Gasteiger charge is -1.99. The minimum absolute atomic E-state index is 0.432. The molecule has 1 rings (SSSR count). The summed E-state index contributed by atoms with van der Waals surface area (Å²) in [6, 6.07) is 4.80. The van der Waals surface area contributed by atoms with Gasteiger partial charge in [0.05, 0.1) is 5.97 Å². The highest BCUT2D eigenvalue weighted by Crippen LogP contribution is 2.16. The van der Waals surface area contributed by atoms with Crippen LogP contribution in [0.5, 0.6) is 0 Å². The van der Waals surface area contributed by atoms with Gasteiger partial charge in [0.25, 0.3) is 0 Å². The lowest BCUT2D eigenvalue weighted by molar-refractivity contribution is -0.298. The van der Waals surface area contributed by atoms with Gasteiger partial charge in [0.1, 0.15) is 5.97 Å². The molecular formula is C12H5BrO4-2. The number of carbonyl (C=O) groups excluding carboxylic acids is 2. The van der Waals surface area contributed by atoms with Crippen LogP contribution >= 0.6 is 15.9 Å². The summed E-state index contributed by atoms with van der Waals surface area (Å²) < 4.78 is 0.653. The van der Waals surface area contributed by atoms with Gasteiger partial charge in [0.2, 0.25) is 0 Å². The van der Waals surface area contributed by atoms with E-state index >= 15 is 0 Å². The van der Waals surface area contributed by atoms with Crippen molar-refractivity contribution in [2.75, 3.05) is 0 Å². The molecule has 86 valence electrons. The van der Waals surface area contributed by atoms with Crippen molar-refractivity contribution in [2.24, 2.45) is 0 Å². The summed E-state index contributed by atoms with van der Waals surface area (Å²) in [5.41, 5.74) is 0.993. The number of hydrogen-bond acceptors (Lipinski definition) is 4. The highest BCUT2D eigenvalue weighted by atomic mass is 79.9. The Labute approximate surface area is 106 Å². The largest absolute Gasteiger partial charge is 0.545 e. The van der Waals surface area contributed by atoms with Gasteiger partial charge in [-0.25, -0.2) is 0 Å². The van der Waals surface area contributed by atoms with Gasteiger partial charge in [-0.15, -0.1) is 0 Å². The number of halogens is 1. The number of hydrogen-bond donors (Lipinski definition) is 0. The van der Waals surface area contributed by atoms with Crippen LogP contribution in [0.4, 0.5) is 0 Å². The number of benzene rings is 1. The van der Waals surface area contributed by atoms with Crippen LogP contribution < -0.4 is 10.2 Å². The molecule has 0 aliphatic carbocycles. The molecule has 0 fully saturated rings. The molecule has 0 saturated carbocycles. The number of rotatable bonds is 2. The molecule has 0 aliphatic heterocycles. The Hall–Kier alpha value is -2.06. The summed E-state index contributed by atoms with van der Waals surface area (Å²) in [5, 5.41) is 20.4. The molecule has 4 nitrogen and oxygen atoms in total. The van der Waals surface area contributed by atoms with Crippen molar-refractivity contribution in [2.45, 2.75) is 0 Å². The van der Waals surface area contributed by atoms with Crippen LogP contribution in [0.3, 0.4) is 0 Å². The van der Waals surface area contributed by atoms with Gasteiger partial charge < -0.3 is 19.8 Å². The van der Waals surface area contributed by atoms with Crippen molar-refractivity contribution in [3.8, 4) is 11.8 Å². The van der Waals surface area contributed by atoms with Gasteiger partial charge in [-0.05, 0) is 35.8 Å². The molecule has 0 heterocycles. The zero-order valence-electron chi connectivity index (χ0n) is 8.40. The van der Waals surface area contributed by atoms with Crippen LogP contribution in [-0.4, -0.2) is 11.9 Å². The van der Waals surface area contributed by atoms with Crippen LogP contribution in [0.1, 0.15) is 11.1 Å². The van der Waals surface area contributed by atoms with Crippen LogP contribution in [0.15, 0.2) is 28.7 Å².